The number of rotatable bonds is 5. The van der Waals surface area contributed by atoms with Crippen molar-refractivity contribution < 1.29 is 9.84 Å². The van der Waals surface area contributed by atoms with E-state index in [1.165, 1.54) is 0 Å². The van der Waals surface area contributed by atoms with Gasteiger partial charge in [0.15, 0.2) is 0 Å². The van der Waals surface area contributed by atoms with Crippen molar-refractivity contribution in [2.75, 3.05) is 19.1 Å². The third-order valence-corrected chi connectivity index (χ3v) is 3.62. The van der Waals surface area contributed by atoms with Crippen molar-refractivity contribution in [1.82, 2.24) is 0 Å². The Kier molecular flexibility index (Phi) is 4.51. The molecule has 0 aromatic heterocycles. The molecule has 0 bridgehead atoms. The van der Waals surface area contributed by atoms with Crippen molar-refractivity contribution in [2.24, 2.45) is 0 Å². The van der Waals surface area contributed by atoms with Gasteiger partial charge in [0.05, 0.1) is 18.8 Å². The van der Waals surface area contributed by atoms with Crippen molar-refractivity contribution in [3.05, 3.63) is 54.1 Å². The van der Waals surface area contributed by atoms with E-state index in [9.17, 15) is 5.11 Å². The van der Waals surface area contributed by atoms with E-state index in [1.54, 1.807) is 13.2 Å². The van der Waals surface area contributed by atoms with E-state index in [0.29, 0.717) is 5.75 Å². The fraction of sp³-hybridized carbons (Fsp3) is 0.294. The first-order valence-electron chi connectivity index (χ1n) is 6.82. The van der Waals surface area contributed by atoms with E-state index in [0.717, 1.165) is 23.4 Å². The number of ether oxygens (including phenoxy) is 1. The summed E-state index contributed by atoms with van der Waals surface area (Å²) in [4.78, 5) is 2.15. The lowest BCUT2D eigenvalue weighted by Crippen LogP contribution is -2.24. The van der Waals surface area contributed by atoms with Gasteiger partial charge in [0, 0.05) is 12.6 Å². The first-order chi connectivity index (χ1) is 9.69. The van der Waals surface area contributed by atoms with Gasteiger partial charge in [0.2, 0.25) is 0 Å². The summed E-state index contributed by atoms with van der Waals surface area (Å²) in [5, 5.41) is 10.1. The van der Waals surface area contributed by atoms with Crippen LogP contribution in [0.4, 0.5) is 5.69 Å². The maximum atomic E-state index is 10.1. The molecule has 1 unspecified atom stereocenters. The molecular formula is C17H21NO2. The lowest BCUT2D eigenvalue weighted by molar-refractivity contribution is 0.412. The Hall–Kier alpha value is -2.16. The van der Waals surface area contributed by atoms with Crippen LogP contribution in [0.15, 0.2) is 48.5 Å². The van der Waals surface area contributed by atoms with Gasteiger partial charge < -0.3 is 14.7 Å². The van der Waals surface area contributed by atoms with E-state index >= 15 is 0 Å². The highest BCUT2D eigenvalue weighted by Crippen LogP contribution is 2.37. The topological polar surface area (TPSA) is 32.7 Å². The SMILES string of the molecule is CCC(c1ccccc1O)N(C)c1ccccc1OC. The van der Waals surface area contributed by atoms with Crippen molar-refractivity contribution in [3.8, 4) is 11.5 Å². The Bertz CT molecular complexity index is 568. The summed E-state index contributed by atoms with van der Waals surface area (Å²) >= 11 is 0. The molecule has 1 atom stereocenters. The number of phenolic OH excluding ortho intramolecular Hbond substituents is 1. The molecule has 1 N–H and O–H groups in total. The van der Waals surface area contributed by atoms with E-state index in [2.05, 4.69) is 11.8 Å². The molecule has 0 saturated carbocycles. The highest BCUT2D eigenvalue weighted by molar-refractivity contribution is 5.59. The zero-order valence-corrected chi connectivity index (χ0v) is 12.2. The second-order valence-electron chi connectivity index (χ2n) is 4.77. The number of benzene rings is 2. The molecule has 2 aromatic carbocycles. The summed E-state index contributed by atoms with van der Waals surface area (Å²) in [6, 6.07) is 15.5. The Morgan fingerprint density at radius 2 is 1.75 bits per heavy atom. The van der Waals surface area contributed by atoms with Gasteiger partial charge in [-0.2, -0.15) is 0 Å². The molecule has 0 fully saturated rings. The van der Waals surface area contributed by atoms with E-state index in [-0.39, 0.29) is 6.04 Å². The van der Waals surface area contributed by atoms with Crippen LogP contribution in [0.1, 0.15) is 24.9 Å². The average Bonchev–Trinajstić information content (AvgIpc) is 2.49. The Balaban J connectivity index is 2.39. The molecular weight excluding hydrogens is 250 g/mol. The van der Waals surface area contributed by atoms with Gasteiger partial charge >= 0.3 is 0 Å². The van der Waals surface area contributed by atoms with E-state index in [4.69, 9.17) is 4.74 Å². The third kappa shape index (κ3) is 2.72. The second kappa shape index (κ2) is 6.33. The Labute approximate surface area is 120 Å². The Morgan fingerprint density at radius 3 is 2.40 bits per heavy atom. The molecule has 2 rings (SSSR count). The molecule has 0 aliphatic carbocycles. The van der Waals surface area contributed by atoms with E-state index < -0.39 is 0 Å². The molecule has 106 valence electrons. The number of anilines is 1. The number of para-hydroxylation sites is 3. The second-order valence-corrected chi connectivity index (χ2v) is 4.77. The van der Waals surface area contributed by atoms with Crippen molar-refractivity contribution in [3.63, 3.8) is 0 Å². The van der Waals surface area contributed by atoms with Crippen LogP contribution in [0.25, 0.3) is 0 Å². The summed E-state index contributed by atoms with van der Waals surface area (Å²) < 4.78 is 5.42. The molecule has 0 radical (unpaired) electrons. The van der Waals surface area contributed by atoms with Gasteiger partial charge in [0.1, 0.15) is 11.5 Å². The number of hydrogen-bond donors (Lipinski definition) is 1. The highest BCUT2D eigenvalue weighted by Gasteiger charge is 2.20. The first kappa shape index (κ1) is 14.3. The fourth-order valence-corrected chi connectivity index (χ4v) is 2.56. The lowest BCUT2D eigenvalue weighted by Gasteiger charge is -2.31. The maximum Gasteiger partial charge on any atom is 0.142 e. The minimum atomic E-state index is 0.104. The van der Waals surface area contributed by atoms with Crippen LogP contribution in [0.3, 0.4) is 0 Å². The number of methoxy groups -OCH3 is 1. The minimum absolute atomic E-state index is 0.104. The predicted octanol–water partition coefficient (Wildman–Crippen LogP) is 3.99. The van der Waals surface area contributed by atoms with Crippen LogP contribution in [0, 0.1) is 0 Å². The molecule has 20 heavy (non-hydrogen) atoms. The van der Waals surface area contributed by atoms with Gasteiger partial charge in [0.25, 0.3) is 0 Å². The number of phenols is 1. The molecule has 0 saturated heterocycles. The van der Waals surface area contributed by atoms with Gasteiger partial charge in [-0.05, 0) is 24.6 Å². The van der Waals surface area contributed by atoms with Crippen LogP contribution in [-0.2, 0) is 0 Å². The van der Waals surface area contributed by atoms with Gasteiger partial charge in [-0.15, -0.1) is 0 Å². The zero-order chi connectivity index (χ0) is 14.5. The van der Waals surface area contributed by atoms with Crippen molar-refractivity contribution in [2.45, 2.75) is 19.4 Å². The van der Waals surface area contributed by atoms with Crippen LogP contribution in [0.2, 0.25) is 0 Å². The number of hydrogen-bond acceptors (Lipinski definition) is 3. The summed E-state index contributed by atoms with van der Waals surface area (Å²) in [6.07, 6.45) is 0.895. The predicted molar refractivity (Wildman–Crippen MR) is 82.5 cm³/mol. The summed E-state index contributed by atoms with van der Waals surface area (Å²) in [5.41, 5.74) is 1.95. The molecule has 2 aromatic rings. The van der Waals surface area contributed by atoms with Gasteiger partial charge in [-0.25, -0.2) is 0 Å². The van der Waals surface area contributed by atoms with Crippen LogP contribution in [-0.4, -0.2) is 19.3 Å². The van der Waals surface area contributed by atoms with Crippen molar-refractivity contribution >= 4 is 5.69 Å². The molecule has 0 spiro atoms. The molecule has 3 nitrogen and oxygen atoms in total. The summed E-state index contributed by atoms with van der Waals surface area (Å²) in [6.45, 7) is 2.11. The molecule has 3 heteroatoms. The lowest BCUT2D eigenvalue weighted by atomic mass is 10.0. The molecule has 0 aliphatic heterocycles. The summed E-state index contributed by atoms with van der Waals surface area (Å²) in [5.74, 6) is 1.17. The molecule has 0 heterocycles. The first-order valence-corrected chi connectivity index (χ1v) is 6.82. The van der Waals surface area contributed by atoms with Crippen molar-refractivity contribution in [1.29, 1.82) is 0 Å². The molecule has 0 amide bonds. The maximum absolute atomic E-state index is 10.1. The molecule has 0 aliphatic rings. The number of aromatic hydroxyl groups is 1. The third-order valence-electron chi connectivity index (χ3n) is 3.62. The smallest absolute Gasteiger partial charge is 0.142 e. The standard InChI is InChI=1S/C17H21NO2/c1-4-14(13-9-5-7-11-16(13)19)18(2)15-10-6-8-12-17(15)20-3/h5-12,14,19H,4H2,1-3H3. The monoisotopic (exact) mass is 271 g/mol. The largest absolute Gasteiger partial charge is 0.508 e. The van der Waals surface area contributed by atoms with Crippen LogP contribution < -0.4 is 9.64 Å². The van der Waals surface area contributed by atoms with Crippen LogP contribution in [0.5, 0.6) is 11.5 Å². The number of nitrogens with zero attached hydrogens (tertiary/aromatic N) is 1. The highest BCUT2D eigenvalue weighted by atomic mass is 16.5. The average molecular weight is 271 g/mol. The summed E-state index contributed by atoms with van der Waals surface area (Å²) in [7, 11) is 3.70. The fourth-order valence-electron chi connectivity index (χ4n) is 2.56. The van der Waals surface area contributed by atoms with Gasteiger partial charge in [-0.1, -0.05) is 37.3 Å². The Morgan fingerprint density at radius 1 is 1.10 bits per heavy atom. The zero-order valence-electron chi connectivity index (χ0n) is 12.2. The quantitative estimate of drug-likeness (QED) is 0.892. The normalized spacial score (nSPS) is 11.9. The van der Waals surface area contributed by atoms with Crippen LogP contribution >= 0.6 is 0 Å². The minimum Gasteiger partial charge on any atom is -0.508 e. The van der Waals surface area contributed by atoms with Gasteiger partial charge in [-0.3, -0.25) is 0 Å². The van der Waals surface area contributed by atoms with E-state index in [1.807, 2.05) is 49.5 Å².